The maximum Gasteiger partial charge on any atom is 0.339 e. The molecule has 0 aromatic heterocycles. The Labute approximate surface area is 135 Å². The van der Waals surface area contributed by atoms with Crippen LogP contribution in [0.2, 0.25) is 5.02 Å². The number of carbonyl (C=O) groups excluding carboxylic acids is 1. The number of hydrogen-bond acceptors (Lipinski definition) is 5. The van der Waals surface area contributed by atoms with Gasteiger partial charge in [0.15, 0.2) is 0 Å². The van der Waals surface area contributed by atoms with Gasteiger partial charge in [-0.15, -0.1) is 0 Å². The zero-order chi connectivity index (χ0) is 16.3. The molecule has 8 heteroatoms. The van der Waals surface area contributed by atoms with Crippen LogP contribution in [-0.2, 0) is 14.8 Å². The van der Waals surface area contributed by atoms with Gasteiger partial charge in [-0.2, -0.15) is 0 Å². The van der Waals surface area contributed by atoms with Crippen LogP contribution in [0.25, 0.3) is 0 Å². The minimum atomic E-state index is -3.70. The van der Waals surface area contributed by atoms with Crippen molar-refractivity contribution < 1.29 is 17.9 Å². The highest BCUT2D eigenvalue weighted by Gasteiger charge is 2.30. The number of halogens is 1. The van der Waals surface area contributed by atoms with Crippen LogP contribution in [-0.4, -0.2) is 34.1 Å². The van der Waals surface area contributed by atoms with Gasteiger partial charge in [0.1, 0.15) is 0 Å². The zero-order valence-electron chi connectivity index (χ0n) is 12.2. The van der Waals surface area contributed by atoms with Crippen molar-refractivity contribution in [1.29, 1.82) is 0 Å². The average molecular weight is 347 g/mol. The van der Waals surface area contributed by atoms with E-state index < -0.39 is 16.0 Å². The molecule has 0 radical (unpaired) electrons. The molecule has 0 amide bonds. The molecule has 1 aromatic carbocycles. The number of nitrogens with two attached hydrogens (primary N) is 1. The molecule has 2 rings (SSSR count). The number of methoxy groups -OCH3 is 1. The maximum absolute atomic E-state index is 12.4. The zero-order valence-corrected chi connectivity index (χ0v) is 13.8. The lowest BCUT2D eigenvalue weighted by Crippen LogP contribution is -2.39. The summed E-state index contributed by atoms with van der Waals surface area (Å²) in [6.07, 6.45) is 2.65. The Morgan fingerprint density at radius 3 is 2.77 bits per heavy atom. The van der Waals surface area contributed by atoms with E-state index in [4.69, 9.17) is 17.3 Å². The summed E-state index contributed by atoms with van der Waals surface area (Å²) in [6.45, 7) is 0.454. The van der Waals surface area contributed by atoms with E-state index >= 15 is 0 Å². The number of rotatable bonds is 5. The summed E-state index contributed by atoms with van der Waals surface area (Å²) in [6, 6.07) is 3.78. The van der Waals surface area contributed by atoms with Crippen LogP contribution in [0, 0.1) is 5.92 Å². The van der Waals surface area contributed by atoms with Gasteiger partial charge < -0.3 is 10.5 Å². The molecule has 6 nitrogen and oxygen atoms in total. The van der Waals surface area contributed by atoms with E-state index in [2.05, 4.69) is 9.46 Å². The molecule has 0 saturated heterocycles. The quantitative estimate of drug-likeness (QED) is 0.788. The summed E-state index contributed by atoms with van der Waals surface area (Å²) >= 11 is 5.97. The highest BCUT2D eigenvalue weighted by Crippen LogP contribution is 2.27. The van der Waals surface area contributed by atoms with Crippen LogP contribution in [0.4, 0.5) is 0 Å². The molecule has 1 aliphatic rings. The summed E-state index contributed by atoms with van der Waals surface area (Å²) in [4.78, 5) is 11.5. The number of esters is 1. The number of ether oxygens (including phenoxy) is 1. The lowest BCUT2D eigenvalue weighted by Gasteiger charge is -2.19. The molecule has 2 atom stereocenters. The first-order valence-electron chi connectivity index (χ1n) is 6.99. The van der Waals surface area contributed by atoms with Crippen molar-refractivity contribution >= 4 is 27.6 Å². The minimum Gasteiger partial charge on any atom is -0.465 e. The molecule has 1 aromatic rings. The number of carbonyl (C=O) groups is 1. The van der Waals surface area contributed by atoms with E-state index in [1.54, 1.807) is 0 Å². The molecule has 3 N–H and O–H groups in total. The van der Waals surface area contributed by atoms with Gasteiger partial charge in [-0.1, -0.05) is 18.0 Å². The molecule has 1 fully saturated rings. The monoisotopic (exact) mass is 346 g/mol. The third-order valence-corrected chi connectivity index (χ3v) is 5.72. The number of nitrogens with one attached hydrogen (secondary N) is 1. The van der Waals surface area contributed by atoms with Gasteiger partial charge in [-0.3, -0.25) is 0 Å². The van der Waals surface area contributed by atoms with Crippen molar-refractivity contribution in [2.45, 2.75) is 30.2 Å². The molecular formula is C14H19ClN2O4S. The summed E-state index contributed by atoms with van der Waals surface area (Å²) < 4.78 is 32.1. The summed E-state index contributed by atoms with van der Waals surface area (Å²) in [5, 5.41) is 0.0384. The first-order chi connectivity index (χ1) is 10.4. The lowest BCUT2D eigenvalue weighted by atomic mass is 10.1. The highest BCUT2D eigenvalue weighted by molar-refractivity contribution is 7.89. The molecule has 0 aliphatic heterocycles. The van der Waals surface area contributed by atoms with Crippen LogP contribution >= 0.6 is 11.6 Å². The Kier molecular flexibility index (Phi) is 5.44. The van der Waals surface area contributed by atoms with E-state index in [0.717, 1.165) is 19.3 Å². The third kappa shape index (κ3) is 3.60. The number of sulfonamides is 1. The van der Waals surface area contributed by atoms with Crippen molar-refractivity contribution in [3.63, 3.8) is 0 Å². The van der Waals surface area contributed by atoms with Gasteiger partial charge in [0.05, 0.1) is 22.6 Å². The topological polar surface area (TPSA) is 98.5 Å². The molecular weight excluding hydrogens is 328 g/mol. The van der Waals surface area contributed by atoms with Gasteiger partial charge >= 0.3 is 5.97 Å². The Morgan fingerprint density at radius 1 is 1.45 bits per heavy atom. The summed E-state index contributed by atoms with van der Waals surface area (Å²) in [5.74, 6) is -0.458. The second kappa shape index (κ2) is 6.95. The van der Waals surface area contributed by atoms with Gasteiger partial charge in [0, 0.05) is 6.04 Å². The lowest BCUT2D eigenvalue weighted by molar-refractivity contribution is 0.0601. The normalized spacial score (nSPS) is 21.8. The smallest absolute Gasteiger partial charge is 0.339 e. The first kappa shape index (κ1) is 17.2. The Morgan fingerprint density at radius 2 is 2.18 bits per heavy atom. The van der Waals surface area contributed by atoms with E-state index in [-0.39, 0.29) is 27.4 Å². The molecule has 22 heavy (non-hydrogen) atoms. The molecule has 1 saturated carbocycles. The van der Waals surface area contributed by atoms with Crippen LogP contribution < -0.4 is 10.5 Å². The van der Waals surface area contributed by atoms with Gasteiger partial charge in [0.25, 0.3) is 0 Å². The summed E-state index contributed by atoms with van der Waals surface area (Å²) in [7, 11) is -2.47. The fourth-order valence-corrected chi connectivity index (χ4v) is 4.37. The molecule has 0 heterocycles. The average Bonchev–Trinajstić information content (AvgIpc) is 2.92. The van der Waals surface area contributed by atoms with Gasteiger partial charge in [-0.05, 0) is 43.5 Å². The number of benzene rings is 1. The second-order valence-electron chi connectivity index (χ2n) is 5.29. The molecule has 1 aliphatic carbocycles. The molecule has 122 valence electrons. The van der Waals surface area contributed by atoms with Crippen molar-refractivity contribution in [3.8, 4) is 0 Å². The van der Waals surface area contributed by atoms with Gasteiger partial charge in [-0.25, -0.2) is 17.9 Å². The van der Waals surface area contributed by atoms with Crippen molar-refractivity contribution in [2.24, 2.45) is 11.7 Å². The fraction of sp³-hybridized carbons (Fsp3) is 0.500. The van der Waals surface area contributed by atoms with E-state index in [1.807, 2.05) is 0 Å². The van der Waals surface area contributed by atoms with Crippen molar-refractivity contribution in [3.05, 3.63) is 28.8 Å². The predicted octanol–water partition coefficient (Wildman–Crippen LogP) is 1.53. The fourth-order valence-electron chi connectivity index (χ4n) is 2.68. The summed E-state index contributed by atoms with van der Waals surface area (Å²) in [5.41, 5.74) is 5.80. The SMILES string of the molecule is COC(=O)c1ccc(S(=O)(=O)N[C@H]2CCC[C@@H]2CN)cc1Cl. The Hall–Kier alpha value is -1.15. The Balaban J connectivity index is 2.23. The van der Waals surface area contributed by atoms with Gasteiger partial charge in [0.2, 0.25) is 10.0 Å². The third-order valence-electron chi connectivity index (χ3n) is 3.92. The van der Waals surface area contributed by atoms with E-state index in [9.17, 15) is 13.2 Å². The maximum atomic E-state index is 12.4. The molecule has 0 spiro atoms. The number of hydrogen-bond donors (Lipinski definition) is 2. The predicted molar refractivity (Wildman–Crippen MR) is 83.3 cm³/mol. The van der Waals surface area contributed by atoms with Crippen molar-refractivity contribution in [1.82, 2.24) is 4.72 Å². The minimum absolute atomic E-state index is 0.0211. The highest BCUT2D eigenvalue weighted by atomic mass is 35.5. The Bertz CT molecular complexity index is 663. The molecule has 0 bridgehead atoms. The second-order valence-corrected chi connectivity index (χ2v) is 7.41. The van der Waals surface area contributed by atoms with Crippen LogP contribution in [0.1, 0.15) is 29.6 Å². The van der Waals surface area contributed by atoms with Crippen LogP contribution in [0.3, 0.4) is 0 Å². The molecule has 0 unspecified atom stereocenters. The standard InChI is InChI=1S/C14H19ClN2O4S/c1-21-14(18)11-6-5-10(7-12(11)15)22(19,20)17-13-4-2-3-9(13)8-16/h5-7,9,13,17H,2-4,8,16H2,1H3/t9-,13+/m1/s1. The first-order valence-corrected chi connectivity index (χ1v) is 8.85. The largest absolute Gasteiger partial charge is 0.465 e. The van der Waals surface area contributed by atoms with E-state index in [0.29, 0.717) is 6.54 Å². The van der Waals surface area contributed by atoms with Crippen LogP contribution in [0.15, 0.2) is 23.1 Å². The van der Waals surface area contributed by atoms with Crippen LogP contribution in [0.5, 0.6) is 0 Å². The van der Waals surface area contributed by atoms with E-state index in [1.165, 1.54) is 25.3 Å². The van der Waals surface area contributed by atoms with Crippen molar-refractivity contribution in [2.75, 3.05) is 13.7 Å².